The minimum Gasteiger partial charge on any atom is -0.350 e. The van der Waals surface area contributed by atoms with Gasteiger partial charge in [0.25, 0.3) is 0 Å². The molecule has 2 amide bonds. The first-order chi connectivity index (χ1) is 14.1. The van der Waals surface area contributed by atoms with Crippen LogP contribution in [0.2, 0.25) is 0 Å². The number of nitrogens with one attached hydrogen (secondary N) is 1. The molecule has 0 aliphatic heterocycles. The van der Waals surface area contributed by atoms with Gasteiger partial charge in [0.1, 0.15) is 11.9 Å². The van der Waals surface area contributed by atoms with Crippen LogP contribution in [0.1, 0.15) is 44.4 Å². The quantitative estimate of drug-likeness (QED) is 0.660. The monoisotopic (exact) mass is 430 g/mol. The van der Waals surface area contributed by atoms with Gasteiger partial charge in [-0.3, -0.25) is 9.59 Å². The minimum atomic E-state index is -0.618. The van der Waals surface area contributed by atoms with Gasteiger partial charge in [-0.05, 0) is 51.8 Å². The Morgan fingerprint density at radius 1 is 1.10 bits per heavy atom. The normalized spacial score (nSPS) is 12.3. The third-order valence-corrected chi connectivity index (χ3v) is 5.55. The molecular formula is C24H31FN2O2S. The maximum Gasteiger partial charge on any atom is 0.242 e. The van der Waals surface area contributed by atoms with Crippen LogP contribution in [-0.4, -0.2) is 34.0 Å². The molecule has 0 spiro atoms. The van der Waals surface area contributed by atoms with Gasteiger partial charge in [0.15, 0.2) is 0 Å². The molecule has 30 heavy (non-hydrogen) atoms. The molecule has 0 aliphatic carbocycles. The molecule has 0 unspecified atom stereocenters. The highest BCUT2D eigenvalue weighted by Gasteiger charge is 2.28. The first-order valence-corrected chi connectivity index (χ1v) is 11.2. The molecule has 2 aromatic rings. The van der Waals surface area contributed by atoms with Gasteiger partial charge in [0, 0.05) is 17.8 Å². The summed E-state index contributed by atoms with van der Waals surface area (Å²) >= 11 is 1.35. The number of thioether (sulfide) groups is 1. The van der Waals surface area contributed by atoms with Crippen LogP contribution in [0.15, 0.2) is 48.5 Å². The highest BCUT2D eigenvalue weighted by Crippen LogP contribution is 2.18. The maximum atomic E-state index is 13.8. The summed E-state index contributed by atoms with van der Waals surface area (Å²) in [5.41, 5.74) is 2.28. The van der Waals surface area contributed by atoms with E-state index in [2.05, 4.69) is 5.32 Å². The van der Waals surface area contributed by atoms with Gasteiger partial charge in [0.2, 0.25) is 11.8 Å². The molecule has 0 saturated carbocycles. The molecule has 0 radical (unpaired) electrons. The van der Waals surface area contributed by atoms with Crippen molar-refractivity contribution in [1.82, 2.24) is 10.2 Å². The molecule has 0 aromatic heterocycles. The third-order valence-electron chi connectivity index (χ3n) is 4.58. The number of aryl methyl sites for hydroxylation is 1. The minimum absolute atomic E-state index is 0.145. The average Bonchev–Trinajstić information content (AvgIpc) is 2.67. The van der Waals surface area contributed by atoms with Crippen LogP contribution in [0.4, 0.5) is 4.39 Å². The SMILES string of the molecule is Cc1ccc(CN(C(=O)CSCc2ccccc2F)[C@@H](C)C(=O)NC(C)(C)C)cc1. The summed E-state index contributed by atoms with van der Waals surface area (Å²) in [7, 11) is 0. The second kappa shape index (κ2) is 10.6. The van der Waals surface area contributed by atoms with E-state index >= 15 is 0 Å². The number of carbonyl (C=O) groups excluding carboxylic acids is 2. The van der Waals surface area contributed by atoms with E-state index < -0.39 is 6.04 Å². The Morgan fingerprint density at radius 2 is 1.73 bits per heavy atom. The highest BCUT2D eigenvalue weighted by atomic mass is 32.2. The number of amides is 2. The standard InChI is InChI=1S/C24H31FN2O2S/c1-17-10-12-19(13-11-17)14-27(18(2)23(29)26-24(3,4)5)22(28)16-30-15-20-8-6-7-9-21(20)25/h6-13,18H,14-16H2,1-5H3,(H,26,29)/t18-/m0/s1. The van der Waals surface area contributed by atoms with Crippen molar-refractivity contribution in [3.05, 3.63) is 71.0 Å². The summed E-state index contributed by atoms with van der Waals surface area (Å²) in [4.78, 5) is 27.4. The summed E-state index contributed by atoms with van der Waals surface area (Å²) in [5.74, 6) is -0.0328. The topological polar surface area (TPSA) is 49.4 Å². The molecule has 6 heteroatoms. The fourth-order valence-electron chi connectivity index (χ4n) is 2.89. The first kappa shape index (κ1) is 23.9. The fourth-order valence-corrected chi connectivity index (χ4v) is 3.79. The van der Waals surface area contributed by atoms with Crippen LogP contribution in [0.3, 0.4) is 0 Å². The van der Waals surface area contributed by atoms with Gasteiger partial charge in [-0.2, -0.15) is 0 Å². The van der Waals surface area contributed by atoms with Crippen LogP contribution >= 0.6 is 11.8 Å². The molecule has 4 nitrogen and oxygen atoms in total. The van der Waals surface area contributed by atoms with Crippen molar-refractivity contribution in [2.45, 2.75) is 58.5 Å². The summed E-state index contributed by atoms with van der Waals surface area (Å²) in [6.45, 7) is 9.83. The summed E-state index contributed by atoms with van der Waals surface area (Å²) in [6, 6.07) is 13.9. The van der Waals surface area contributed by atoms with E-state index in [1.54, 1.807) is 30.0 Å². The summed E-state index contributed by atoms with van der Waals surface area (Å²) in [6.07, 6.45) is 0. The van der Waals surface area contributed by atoms with Gasteiger partial charge >= 0.3 is 0 Å². The molecule has 1 atom stereocenters. The Balaban J connectivity index is 2.10. The maximum absolute atomic E-state index is 13.8. The number of hydrogen-bond acceptors (Lipinski definition) is 3. The lowest BCUT2D eigenvalue weighted by Gasteiger charge is -2.31. The first-order valence-electron chi connectivity index (χ1n) is 10.0. The van der Waals surface area contributed by atoms with Crippen molar-refractivity contribution in [1.29, 1.82) is 0 Å². The Labute approximate surface area is 183 Å². The second-order valence-corrected chi connectivity index (χ2v) is 9.49. The lowest BCUT2D eigenvalue weighted by Crippen LogP contribution is -2.52. The van der Waals surface area contributed by atoms with Gasteiger partial charge in [0.05, 0.1) is 5.75 Å². The van der Waals surface area contributed by atoms with Crippen molar-refractivity contribution in [3.8, 4) is 0 Å². The zero-order valence-corrected chi connectivity index (χ0v) is 19.2. The zero-order valence-electron chi connectivity index (χ0n) is 18.4. The predicted octanol–water partition coefficient (Wildman–Crippen LogP) is 4.70. The number of carbonyl (C=O) groups is 2. The molecule has 0 saturated heterocycles. The molecule has 2 aromatic carbocycles. The van der Waals surface area contributed by atoms with Gasteiger partial charge < -0.3 is 10.2 Å². The van der Waals surface area contributed by atoms with Crippen LogP contribution in [-0.2, 0) is 21.9 Å². The molecular weight excluding hydrogens is 399 g/mol. The Kier molecular flexibility index (Phi) is 8.47. The van der Waals surface area contributed by atoms with Gasteiger partial charge in [-0.1, -0.05) is 48.0 Å². The zero-order chi connectivity index (χ0) is 22.3. The average molecular weight is 431 g/mol. The van der Waals surface area contributed by atoms with Crippen molar-refractivity contribution in [2.75, 3.05) is 5.75 Å². The molecule has 0 bridgehead atoms. The van der Waals surface area contributed by atoms with Crippen molar-refractivity contribution in [3.63, 3.8) is 0 Å². The fraction of sp³-hybridized carbons (Fsp3) is 0.417. The van der Waals surface area contributed by atoms with Crippen molar-refractivity contribution >= 4 is 23.6 Å². The van der Waals surface area contributed by atoms with E-state index in [4.69, 9.17) is 0 Å². The Bertz CT molecular complexity index is 862. The lowest BCUT2D eigenvalue weighted by atomic mass is 10.1. The van der Waals surface area contributed by atoms with Crippen LogP contribution in [0.5, 0.6) is 0 Å². The lowest BCUT2D eigenvalue weighted by molar-refractivity contribution is -0.139. The molecule has 162 valence electrons. The molecule has 2 rings (SSSR count). The van der Waals surface area contributed by atoms with Crippen molar-refractivity contribution in [2.24, 2.45) is 0 Å². The second-order valence-electron chi connectivity index (χ2n) is 8.51. The highest BCUT2D eigenvalue weighted by molar-refractivity contribution is 7.99. The Morgan fingerprint density at radius 3 is 2.33 bits per heavy atom. The van der Waals surface area contributed by atoms with Crippen LogP contribution < -0.4 is 5.32 Å². The number of benzene rings is 2. The number of nitrogens with zero attached hydrogens (tertiary/aromatic N) is 1. The molecule has 0 aliphatic rings. The van der Waals surface area contributed by atoms with Crippen molar-refractivity contribution < 1.29 is 14.0 Å². The number of rotatable bonds is 8. The largest absolute Gasteiger partial charge is 0.350 e. The summed E-state index contributed by atoms with van der Waals surface area (Å²) in [5, 5.41) is 2.95. The van der Waals surface area contributed by atoms with E-state index in [-0.39, 0.29) is 28.9 Å². The Hall–Kier alpha value is -2.34. The number of hydrogen-bond donors (Lipinski definition) is 1. The smallest absolute Gasteiger partial charge is 0.242 e. The van der Waals surface area contributed by atoms with E-state index in [1.165, 1.54) is 17.8 Å². The van der Waals surface area contributed by atoms with Gasteiger partial charge in [-0.25, -0.2) is 4.39 Å². The third kappa shape index (κ3) is 7.48. The van der Waals surface area contributed by atoms with Crippen LogP contribution in [0.25, 0.3) is 0 Å². The van der Waals surface area contributed by atoms with E-state index in [1.807, 2.05) is 52.0 Å². The molecule has 1 N–H and O–H groups in total. The van der Waals surface area contributed by atoms with Crippen LogP contribution in [0, 0.1) is 12.7 Å². The van der Waals surface area contributed by atoms with E-state index in [9.17, 15) is 14.0 Å². The van der Waals surface area contributed by atoms with E-state index in [0.29, 0.717) is 17.9 Å². The van der Waals surface area contributed by atoms with Gasteiger partial charge in [-0.15, -0.1) is 11.8 Å². The summed E-state index contributed by atoms with van der Waals surface area (Å²) < 4.78 is 13.8. The molecule has 0 heterocycles. The van der Waals surface area contributed by atoms with E-state index in [0.717, 1.165) is 11.1 Å². The molecule has 0 fully saturated rings. The number of halogens is 1. The predicted molar refractivity (Wildman–Crippen MR) is 122 cm³/mol.